The highest BCUT2D eigenvalue weighted by atomic mass is 19.4. The minimum atomic E-state index is -4.45. The number of fused-ring (bicyclic) bond motifs is 1. The van der Waals surface area contributed by atoms with Gasteiger partial charge in [0.05, 0.1) is 11.1 Å². The van der Waals surface area contributed by atoms with Crippen LogP contribution in [0.3, 0.4) is 0 Å². The van der Waals surface area contributed by atoms with Gasteiger partial charge < -0.3 is 10.2 Å². The van der Waals surface area contributed by atoms with Gasteiger partial charge in [0.2, 0.25) is 11.6 Å². The van der Waals surface area contributed by atoms with Gasteiger partial charge in [0, 0.05) is 11.9 Å². The number of oxazole rings is 1. The summed E-state index contributed by atoms with van der Waals surface area (Å²) in [5.41, 5.74) is 5.85. The Morgan fingerprint density at radius 1 is 1.15 bits per heavy atom. The van der Waals surface area contributed by atoms with E-state index in [-0.39, 0.29) is 22.9 Å². The third-order valence-electron chi connectivity index (χ3n) is 2.78. The lowest BCUT2D eigenvalue weighted by Crippen LogP contribution is -2.05. The van der Waals surface area contributed by atoms with Gasteiger partial charge in [-0.05, 0) is 30.3 Å². The number of nitrogen functional groups attached to an aromatic ring is 1. The van der Waals surface area contributed by atoms with E-state index in [1.165, 1.54) is 12.3 Å². The average molecular weight is 279 g/mol. The molecule has 4 nitrogen and oxygen atoms in total. The molecule has 0 aliphatic rings. The number of nitrogens with zero attached hydrogens (tertiary/aromatic N) is 2. The maximum Gasteiger partial charge on any atom is 0.416 e. The van der Waals surface area contributed by atoms with Crippen molar-refractivity contribution in [2.24, 2.45) is 0 Å². The molecule has 0 unspecified atom stereocenters. The molecule has 0 bridgehead atoms. The molecule has 0 saturated heterocycles. The topological polar surface area (TPSA) is 64.9 Å². The number of benzene rings is 1. The molecule has 102 valence electrons. The highest BCUT2D eigenvalue weighted by molar-refractivity contribution is 5.77. The fourth-order valence-electron chi connectivity index (χ4n) is 1.80. The fraction of sp³-hybridized carbons (Fsp3) is 0.0769. The first-order valence-corrected chi connectivity index (χ1v) is 5.64. The largest absolute Gasteiger partial charge is 0.418 e. The van der Waals surface area contributed by atoms with E-state index in [2.05, 4.69) is 9.97 Å². The Hall–Kier alpha value is -2.57. The maximum atomic E-state index is 12.7. The number of anilines is 1. The van der Waals surface area contributed by atoms with Crippen LogP contribution in [0.4, 0.5) is 18.9 Å². The smallest absolute Gasteiger partial charge is 0.416 e. The summed E-state index contributed by atoms with van der Waals surface area (Å²) < 4.78 is 43.5. The summed E-state index contributed by atoms with van der Waals surface area (Å²) in [5, 5.41) is 0. The predicted octanol–water partition coefficient (Wildman–Crippen LogP) is 3.49. The summed E-state index contributed by atoms with van der Waals surface area (Å²) in [6, 6.07) is 6.32. The van der Waals surface area contributed by atoms with Gasteiger partial charge in [-0.25, -0.2) is 9.97 Å². The van der Waals surface area contributed by atoms with Crippen LogP contribution in [0.25, 0.3) is 22.7 Å². The first kappa shape index (κ1) is 12.5. The number of nitrogens with two attached hydrogens (primary N) is 1. The number of hydrogen-bond donors (Lipinski definition) is 1. The summed E-state index contributed by atoms with van der Waals surface area (Å²) in [5.74, 6) is 0.0160. The fourth-order valence-corrected chi connectivity index (χ4v) is 1.80. The zero-order valence-electron chi connectivity index (χ0n) is 9.98. The van der Waals surface area contributed by atoms with E-state index in [1.54, 1.807) is 12.1 Å². The van der Waals surface area contributed by atoms with E-state index in [0.717, 1.165) is 12.1 Å². The number of aromatic nitrogens is 2. The van der Waals surface area contributed by atoms with Crippen molar-refractivity contribution >= 4 is 16.9 Å². The van der Waals surface area contributed by atoms with Crippen LogP contribution >= 0.6 is 0 Å². The molecule has 2 aromatic heterocycles. The number of halogens is 3. The average Bonchev–Trinajstić information content (AvgIpc) is 2.81. The highest BCUT2D eigenvalue weighted by Gasteiger charge is 2.31. The first-order valence-electron chi connectivity index (χ1n) is 5.64. The number of alkyl halides is 3. The molecule has 3 aromatic rings. The van der Waals surface area contributed by atoms with E-state index in [4.69, 9.17) is 10.2 Å². The summed E-state index contributed by atoms with van der Waals surface area (Å²) in [4.78, 5) is 8.03. The van der Waals surface area contributed by atoms with E-state index in [0.29, 0.717) is 5.52 Å². The Morgan fingerprint density at radius 2 is 1.95 bits per heavy atom. The third-order valence-corrected chi connectivity index (χ3v) is 2.78. The third kappa shape index (κ3) is 2.07. The van der Waals surface area contributed by atoms with Gasteiger partial charge >= 0.3 is 6.18 Å². The van der Waals surface area contributed by atoms with Gasteiger partial charge in [-0.1, -0.05) is 0 Å². The monoisotopic (exact) mass is 279 g/mol. The van der Waals surface area contributed by atoms with Gasteiger partial charge in [0.1, 0.15) is 5.52 Å². The minimum Gasteiger partial charge on any atom is -0.418 e. The van der Waals surface area contributed by atoms with Crippen LogP contribution in [0.15, 0.2) is 40.9 Å². The lowest BCUT2D eigenvalue weighted by atomic mass is 10.1. The van der Waals surface area contributed by atoms with Crippen molar-refractivity contribution in [3.63, 3.8) is 0 Å². The van der Waals surface area contributed by atoms with E-state index in [9.17, 15) is 13.2 Å². The molecule has 0 aliphatic heterocycles. The lowest BCUT2D eigenvalue weighted by molar-refractivity contribution is -0.137. The Balaban J connectivity index is 2.17. The number of pyridine rings is 1. The summed E-state index contributed by atoms with van der Waals surface area (Å²) in [6.07, 6.45) is -2.94. The molecule has 7 heteroatoms. The molecular weight excluding hydrogens is 271 g/mol. The zero-order valence-corrected chi connectivity index (χ0v) is 9.98. The normalized spacial score (nSPS) is 11.9. The van der Waals surface area contributed by atoms with E-state index in [1.807, 2.05) is 0 Å². The predicted molar refractivity (Wildman–Crippen MR) is 66.7 cm³/mol. The van der Waals surface area contributed by atoms with Crippen LogP contribution in [0.2, 0.25) is 0 Å². The molecule has 2 N–H and O–H groups in total. The maximum absolute atomic E-state index is 12.7. The van der Waals surface area contributed by atoms with Gasteiger partial charge in [0.25, 0.3) is 0 Å². The van der Waals surface area contributed by atoms with Crippen molar-refractivity contribution in [3.8, 4) is 11.5 Å². The summed E-state index contributed by atoms with van der Waals surface area (Å²) in [6.45, 7) is 0. The van der Waals surface area contributed by atoms with E-state index >= 15 is 0 Å². The molecule has 0 atom stereocenters. The first-order chi connectivity index (χ1) is 9.45. The van der Waals surface area contributed by atoms with Crippen LogP contribution in [0, 0.1) is 0 Å². The van der Waals surface area contributed by atoms with Crippen molar-refractivity contribution in [1.29, 1.82) is 0 Å². The van der Waals surface area contributed by atoms with Crippen molar-refractivity contribution in [1.82, 2.24) is 9.97 Å². The van der Waals surface area contributed by atoms with Crippen molar-refractivity contribution in [2.45, 2.75) is 6.18 Å². The molecule has 0 fully saturated rings. The summed E-state index contributed by atoms with van der Waals surface area (Å²) >= 11 is 0. The Labute approximate surface area is 111 Å². The van der Waals surface area contributed by atoms with Crippen LogP contribution in [0.1, 0.15) is 5.56 Å². The van der Waals surface area contributed by atoms with Gasteiger partial charge in [-0.3, -0.25) is 0 Å². The molecule has 1 aromatic carbocycles. The molecule has 2 heterocycles. The molecule has 0 radical (unpaired) electrons. The van der Waals surface area contributed by atoms with Crippen LogP contribution in [-0.2, 0) is 6.18 Å². The number of rotatable bonds is 1. The second-order valence-corrected chi connectivity index (χ2v) is 4.15. The van der Waals surface area contributed by atoms with Crippen molar-refractivity contribution in [2.75, 3.05) is 5.73 Å². The van der Waals surface area contributed by atoms with Gasteiger partial charge in [-0.2, -0.15) is 13.2 Å². The standard InChI is InChI=1S/C13H8F3N3O/c14-13(15,16)7-3-4-9(17)8(6-7)11-19-10-2-1-5-18-12(10)20-11/h1-6H,17H2. The van der Waals surface area contributed by atoms with Crippen LogP contribution in [-0.4, -0.2) is 9.97 Å². The van der Waals surface area contributed by atoms with E-state index < -0.39 is 11.7 Å². The quantitative estimate of drug-likeness (QED) is 0.692. The molecule has 0 saturated carbocycles. The molecule has 0 amide bonds. The molecular formula is C13H8F3N3O. The highest BCUT2D eigenvalue weighted by Crippen LogP contribution is 2.35. The van der Waals surface area contributed by atoms with Crippen LogP contribution < -0.4 is 5.73 Å². The SMILES string of the molecule is Nc1ccc(C(F)(F)F)cc1-c1nc2cccnc2o1. The zero-order chi connectivity index (χ0) is 14.3. The Bertz CT molecular complexity index is 747. The summed E-state index contributed by atoms with van der Waals surface area (Å²) in [7, 11) is 0. The van der Waals surface area contributed by atoms with Gasteiger partial charge in [-0.15, -0.1) is 0 Å². The Morgan fingerprint density at radius 3 is 2.65 bits per heavy atom. The minimum absolute atomic E-state index is 0.0160. The molecule has 0 spiro atoms. The number of hydrogen-bond acceptors (Lipinski definition) is 4. The Kier molecular flexibility index (Phi) is 2.63. The van der Waals surface area contributed by atoms with Crippen molar-refractivity contribution in [3.05, 3.63) is 42.1 Å². The van der Waals surface area contributed by atoms with Crippen LogP contribution in [0.5, 0.6) is 0 Å². The second-order valence-electron chi connectivity index (χ2n) is 4.15. The second kappa shape index (κ2) is 4.22. The molecule has 20 heavy (non-hydrogen) atoms. The van der Waals surface area contributed by atoms with Gasteiger partial charge in [0.15, 0.2) is 0 Å². The molecule has 0 aliphatic carbocycles. The molecule has 3 rings (SSSR count). The lowest BCUT2D eigenvalue weighted by Gasteiger charge is -2.08. The van der Waals surface area contributed by atoms with Crippen molar-refractivity contribution < 1.29 is 17.6 Å².